The number of rotatable bonds is 6. The van der Waals surface area contributed by atoms with Gasteiger partial charge in [-0.3, -0.25) is 9.89 Å². The largest absolute Gasteiger partial charge is 0.478 e. The number of guanidine groups is 1. The highest BCUT2D eigenvalue weighted by molar-refractivity contribution is 5.80. The highest BCUT2D eigenvalue weighted by Gasteiger charge is 2.30. The van der Waals surface area contributed by atoms with E-state index in [1.54, 1.807) is 0 Å². The maximum Gasteiger partial charge on any atom is 0.213 e. The number of hydrogen-bond acceptors (Lipinski definition) is 4. The molecule has 0 radical (unpaired) electrons. The van der Waals surface area contributed by atoms with Gasteiger partial charge in [0.15, 0.2) is 5.96 Å². The standard InChI is InChI=1S/C19H31N5O/c1-3-12-25-18-7-6-16(13-21-18)14-22-19(20-2)24-11-8-17(15-24)23-9-4-5-10-23/h6-7,13,17H,3-5,8-12,14-15H2,1-2H3,(H,20,22). The van der Waals surface area contributed by atoms with Gasteiger partial charge in [0.1, 0.15) is 0 Å². The molecule has 0 aliphatic carbocycles. The average Bonchev–Trinajstić information content (AvgIpc) is 3.33. The van der Waals surface area contributed by atoms with Gasteiger partial charge < -0.3 is 15.0 Å². The molecule has 1 unspecified atom stereocenters. The van der Waals surface area contributed by atoms with Crippen LogP contribution in [0.1, 0.15) is 38.2 Å². The van der Waals surface area contributed by atoms with Crippen molar-refractivity contribution >= 4 is 5.96 Å². The third kappa shape index (κ3) is 4.84. The second-order valence-electron chi connectivity index (χ2n) is 6.89. The summed E-state index contributed by atoms with van der Waals surface area (Å²) in [7, 11) is 1.87. The minimum atomic E-state index is 0.692. The van der Waals surface area contributed by atoms with Crippen molar-refractivity contribution < 1.29 is 4.74 Å². The lowest BCUT2D eigenvalue weighted by molar-refractivity contribution is 0.249. The number of nitrogens with zero attached hydrogens (tertiary/aromatic N) is 4. The lowest BCUT2D eigenvalue weighted by Gasteiger charge is -2.25. The molecule has 0 amide bonds. The summed E-state index contributed by atoms with van der Waals surface area (Å²) < 4.78 is 5.53. The highest BCUT2D eigenvalue weighted by atomic mass is 16.5. The summed E-state index contributed by atoms with van der Waals surface area (Å²) in [4.78, 5) is 13.9. The molecule has 3 rings (SSSR count). The third-order valence-electron chi connectivity index (χ3n) is 5.03. The van der Waals surface area contributed by atoms with Gasteiger partial charge in [0.2, 0.25) is 5.88 Å². The number of likely N-dealkylation sites (tertiary alicyclic amines) is 2. The Bertz CT molecular complexity index is 553. The summed E-state index contributed by atoms with van der Waals surface area (Å²) >= 11 is 0. The van der Waals surface area contributed by atoms with Crippen molar-refractivity contribution in [3.8, 4) is 5.88 Å². The van der Waals surface area contributed by atoms with Crippen LogP contribution in [0.25, 0.3) is 0 Å². The van der Waals surface area contributed by atoms with Crippen molar-refractivity contribution in [2.75, 3.05) is 39.8 Å². The van der Waals surface area contributed by atoms with E-state index in [0.717, 1.165) is 37.6 Å². The molecular weight excluding hydrogens is 314 g/mol. The molecule has 1 atom stereocenters. The van der Waals surface area contributed by atoms with E-state index in [4.69, 9.17) is 4.74 Å². The zero-order valence-corrected chi connectivity index (χ0v) is 15.6. The number of hydrogen-bond donors (Lipinski definition) is 1. The van der Waals surface area contributed by atoms with Gasteiger partial charge in [0, 0.05) is 45.0 Å². The van der Waals surface area contributed by atoms with E-state index >= 15 is 0 Å². The van der Waals surface area contributed by atoms with Crippen LogP contribution >= 0.6 is 0 Å². The van der Waals surface area contributed by atoms with Gasteiger partial charge >= 0.3 is 0 Å². The van der Waals surface area contributed by atoms with E-state index in [0.29, 0.717) is 18.5 Å². The molecule has 0 bridgehead atoms. The molecule has 2 fully saturated rings. The molecule has 3 heterocycles. The van der Waals surface area contributed by atoms with Gasteiger partial charge in [0.05, 0.1) is 6.61 Å². The average molecular weight is 345 g/mol. The first-order valence-corrected chi connectivity index (χ1v) is 9.57. The van der Waals surface area contributed by atoms with E-state index in [-0.39, 0.29) is 0 Å². The molecule has 1 aromatic heterocycles. The Labute approximate surface area is 151 Å². The van der Waals surface area contributed by atoms with Crippen LogP contribution in [0.3, 0.4) is 0 Å². The van der Waals surface area contributed by atoms with Crippen LogP contribution in [0.2, 0.25) is 0 Å². The van der Waals surface area contributed by atoms with Crippen LogP contribution in [0, 0.1) is 0 Å². The Morgan fingerprint density at radius 3 is 2.84 bits per heavy atom. The summed E-state index contributed by atoms with van der Waals surface area (Å²) in [6.07, 6.45) is 6.83. The minimum Gasteiger partial charge on any atom is -0.478 e. The fourth-order valence-corrected chi connectivity index (χ4v) is 3.66. The maximum atomic E-state index is 5.53. The SMILES string of the molecule is CCCOc1ccc(CNC(=NC)N2CCC(N3CCCC3)C2)cn1. The lowest BCUT2D eigenvalue weighted by atomic mass is 10.2. The molecule has 0 saturated carbocycles. The van der Waals surface area contributed by atoms with Gasteiger partial charge in [-0.05, 0) is 44.3 Å². The van der Waals surface area contributed by atoms with Crippen LogP contribution in [0.5, 0.6) is 5.88 Å². The van der Waals surface area contributed by atoms with Crippen LogP contribution < -0.4 is 10.1 Å². The van der Waals surface area contributed by atoms with Gasteiger partial charge in [0.25, 0.3) is 0 Å². The normalized spacial score (nSPS) is 21.8. The molecule has 0 aromatic carbocycles. The number of ether oxygens (including phenoxy) is 1. The summed E-state index contributed by atoms with van der Waals surface area (Å²) in [6, 6.07) is 4.70. The Balaban J connectivity index is 1.47. The predicted octanol–water partition coefficient (Wildman–Crippen LogP) is 2.12. The van der Waals surface area contributed by atoms with E-state index in [1.165, 1.54) is 32.4 Å². The van der Waals surface area contributed by atoms with E-state index in [1.807, 2.05) is 19.3 Å². The molecule has 2 saturated heterocycles. The Hall–Kier alpha value is -1.82. The molecule has 2 aliphatic rings. The van der Waals surface area contributed by atoms with Gasteiger partial charge in [-0.15, -0.1) is 0 Å². The molecule has 2 aliphatic heterocycles. The van der Waals surface area contributed by atoms with Crippen LogP contribution in [0.15, 0.2) is 23.3 Å². The Kier molecular flexibility index (Phi) is 6.50. The second kappa shape index (κ2) is 9.04. The molecule has 6 heteroatoms. The van der Waals surface area contributed by atoms with Crippen LogP contribution in [-0.4, -0.2) is 66.6 Å². The number of aliphatic imine (C=N–C) groups is 1. The monoisotopic (exact) mass is 345 g/mol. The lowest BCUT2D eigenvalue weighted by Crippen LogP contribution is -2.42. The zero-order chi connectivity index (χ0) is 17.5. The fraction of sp³-hybridized carbons (Fsp3) is 0.684. The Morgan fingerprint density at radius 2 is 2.16 bits per heavy atom. The number of pyridine rings is 1. The summed E-state index contributed by atoms with van der Waals surface area (Å²) in [6.45, 7) is 8.25. The second-order valence-corrected chi connectivity index (χ2v) is 6.89. The van der Waals surface area contributed by atoms with Crippen molar-refractivity contribution in [2.24, 2.45) is 4.99 Å². The maximum absolute atomic E-state index is 5.53. The topological polar surface area (TPSA) is 53.0 Å². The first-order valence-electron chi connectivity index (χ1n) is 9.57. The van der Waals surface area contributed by atoms with E-state index in [9.17, 15) is 0 Å². The predicted molar refractivity (Wildman–Crippen MR) is 101 cm³/mol. The van der Waals surface area contributed by atoms with Crippen molar-refractivity contribution in [1.29, 1.82) is 0 Å². The number of aromatic nitrogens is 1. The summed E-state index contributed by atoms with van der Waals surface area (Å²) in [5.74, 6) is 1.69. The molecule has 6 nitrogen and oxygen atoms in total. The van der Waals surface area contributed by atoms with Crippen molar-refractivity contribution in [3.63, 3.8) is 0 Å². The smallest absolute Gasteiger partial charge is 0.213 e. The first-order chi connectivity index (χ1) is 12.3. The van der Waals surface area contributed by atoms with Gasteiger partial charge in [-0.2, -0.15) is 0 Å². The summed E-state index contributed by atoms with van der Waals surface area (Å²) in [5, 5.41) is 3.48. The fourth-order valence-electron chi connectivity index (χ4n) is 3.66. The third-order valence-corrected chi connectivity index (χ3v) is 5.03. The zero-order valence-electron chi connectivity index (χ0n) is 15.6. The van der Waals surface area contributed by atoms with E-state index in [2.05, 4.69) is 38.1 Å². The highest BCUT2D eigenvalue weighted by Crippen LogP contribution is 2.20. The Morgan fingerprint density at radius 1 is 1.32 bits per heavy atom. The molecular formula is C19H31N5O. The van der Waals surface area contributed by atoms with Crippen molar-refractivity contribution in [3.05, 3.63) is 23.9 Å². The first kappa shape index (κ1) is 18.0. The van der Waals surface area contributed by atoms with Crippen LogP contribution in [-0.2, 0) is 6.54 Å². The molecule has 1 N–H and O–H groups in total. The molecule has 25 heavy (non-hydrogen) atoms. The molecule has 1 aromatic rings. The number of nitrogens with one attached hydrogen (secondary N) is 1. The molecule has 0 spiro atoms. The summed E-state index contributed by atoms with van der Waals surface area (Å²) in [5.41, 5.74) is 1.14. The minimum absolute atomic E-state index is 0.692. The van der Waals surface area contributed by atoms with Crippen molar-refractivity contribution in [2.45, 2.75) is 45.2 Å². The van der Waals surface area contributed by atoms with Gasteiger partial charge in [-0.25, -0.2) is 4.98 Å². The quantitative estimate of drug-likeness (QED) is 0.632. The van der Waals surface area contributed by atoms with Crippen LogP contribution in [0.4, 0.5) is 0 Å². The van der Waals surface area contributed by atoms with Crippen molar-refractivity contribution in [1.82, 2.24) is 20.1 Å². The van der Waals surface area contributed by atoms with E-state index < -0.39 is 0 Å². The molecule has 138 valence electrons. The van der Waals surface area contributed by atoms with Gasteiger partial charge in [-0.1, -0.05) is 13.0 Å².